The molecule has 0 bridgehead atoms. The Morgan fingerprint density at radius 3 is 3.04 bits per heavy atom. The van der Waals surface area contributed by atoms with Gasteiger partial charge in [0.15, 0.2) is 0 Å². The Balaban J connectivity index is 1.44. The topological polar surface area (TPSA) is 122 Å². The molecule has 1 aliphatic rings. The Hall–Kier alpha value is -2.55. The van der Waals surface area contributed by atoms with Crippen molar-refractivity contribution in [1.29, 1.82) is 0 Å². The van der Waals surface area contributed by atoms with Crippen LogP contribution in [-0.4, -0.2) is 45.5 Å². The maximum atomic E-state index is 11.1. The number of para-hydroxylation sites is 1. The van der Waals surface area contributed by atoms with Crippen molar-refractivity contribution in [3.63, 3.8) is 0 Å². The first-order valence-corrected chi connectivity index (χ1v) is 10.2. The van der Waals surface area contributed by atoms with E-state index in [1.54, 1.807) is 24.7 Å². The molecule has 2 atom stereocenters. The third-order valence-corrected chi connectivity index (χ3v) is 6.72. The number of nitrogens with zero attached hydrogens (tertiary/aromatic N) is 5. The summed E-state index contributed by atoms with van der Waals surface area (Å²) in [5.41, 5.74) is 7.20. The summed E-state index contributed by atoms with van der Waals surface area (Å²) in [6.07, 6.45) is 4.94. The minimum atomic E-state index is -0.322. The number of fused-ring (bicyclic) bond motifs is 1. The van der Waals surface area contributed by atoms with Crippen LogP contribution in [0.1, 0.15) is 19.1 Å². The van der Waals surface area contributed by atoms with Crippen LogP contribution in [0.3, 0.4) is 0 Å². The number of aromatic nitrogens is 4. The number of hydrogen-bond donors (Lipinski definition) is 1. The van der Waals surface area contributed by atoms with Crippen LogP contribution in [0.5, 0.6) is 0 Å². The molecule has 0 saturated carbocycles. The van der Waals surface area contributed by atoms with E-state index in [-0.39, 0.29) is 43.8 Å². The predicted molar refractivity (Wildman–Crippen MR) is 96.2 cm³/mol. The van der Waals surface area contributed by atoms with Crippen molar-refractivity contribution in [2.75, 3.05) is 5.73 Å². The summed E-state index contributed by atoms with van der Waals surface area (Å²) in [6.45, 7) is 0. The molecule has 2 N–H and O–H groups in total. The molecule has 9 nitrogen and oxygen atoms in total. The van der Waals surface area contributed by atoms with Crippen molar-refractivity contribution in [3.05, 3.63) is 46.9 Å². The van der Waals surface area contributed by atoms with Gasteiger partial charge in [-0.05, 0) is 0 Å². The number of hydrogen-bond acceptors (Lipinski definition) is 7. The molecule has 4 rings (SSSR count). The third kappa shape index (κ3) is 3.26. The van der Waals surface area contributed by atoms with E-state index in [4.69, 9.17) is 10.5 Å². The Bertz CT molecular complexity index is 962. The molecule has 0 radical (unpaired) electrons. The molecule has 1 aliphatic heterocycles. The van der Waals surface area contributed by atoms with Gasteiger partial charge < -0.3 is 0 Å². The van der Waals surface area contributed by atoms with E-state index in [9.17, 15) is 10.1 Å². The van der Waals surface area contributed by atoms with Crippen LogP contribution in [0.25, 0.3) is 11.2 Å². The summed E-state index contributed by atoms with van der Waals surface area (Å²) in [5, 5.41) is 11.9. The molecule has 1 fully saturated rings. The number of imidazole rings is 1. The zero-order valence-electron chi connectivity index (χ0n) is 13.7. The van der Waals surface area contributed by atoms with Gasteiger partial charge in [-0.2, -0.15) is 0 Å². The second-order valence-corrected chi connectivity index (χ2v) is 8.14. The van der Waals surface area contributed by atoms with Gasteiger partial charge in [-0.15, -0.1) is 0 Å². The normalized spacial score (nSPS) is 19.8. The van der Waals surface area contributed by atoms with Crippen LogP contribution in [0, 0.1) is 10.1 Å². The van der Waals surface area contributed by atoms with Gasteiger partial charge in [-0.1, -0.05) is 0 Å². The first-order chi connectivity index (χ1) is 12.6. The number of nitro groups is 1. The van der Waals surface area contributed by atoms with E-state index in [0.29, 0.717) is 11.2 Å². The standard InChI is InChI=1S/C16H16N6O3Se/c17-16-18-7-11-15(20-16)21(9-19-11)14-6-5-10(25-14)8-26-13-4-2-1-3-12(13)22(23)24/h1-4,7,9-10,14H,5-6,8H2,(H2,17,18,20)/t10-,14+/m0/s1. The summed E-state index contributed by atoms with van der Waals surface area (Å²) in [5.74, 6) is 0.202. The van der Waals surface area contributed by atoms with Gasteiger partial charge in [-0.25, -0.2) is 0 Å². The Kier molecular flexibility index (Phi) is 4.54. The molecular formula is C16H16N6O3Se. The molecule has 1 saturated heterocycles. The van der Waals surface area contributed by atoms with Gasteiger partial charge in [0.2, 0.25) is 0 Å². The number of nitro benzene ring substituents is 1. The molecule has 3 aromatic rings. The molecule has 26 heavy (non-hydrogen) atoms. The summed E-state index contributed by atoms with van der Waals surface area (Å²) in [4.78, 5) is 23.3. The van der Waals surface area contributed by atoms with Crippen molar-refractivity contribution in [2.24, 2.45) is 0 Å². The predicted octanol–water partition coefficient (Wildman–Crippen LogP) is 1.44. The van der Waals surface area contributed by atoms with Gasteiger partial charge in [0, 0.05) is 0 Å². The number of nitrogens with two attached hydrogens (primary N) is 1. The minimum absolute atomic E-state index is 0.0210. The molecule has 0 amide bonds. The van der Waals surface area contributed by atoms with E-state index in [0.717, 1.165) is 22.6 Å². The molecule has 3 heterocycles. The molecule has 134 valence electrons. The molecule has 0 spiro atoms. The van der Waals surface area contributed by atoms with E-state index in [1.165, 1.54) is 0 Å². The second kappa shape index (κ2) is 6.99. The molecule has 2 aromatic heterocycles. The quantitative estimate of drug-likeness (QED) is 0.377. The summed E-state index contributed by atoms with van der Waals surface area (Å²) in [6, 6.07) is 6.91. The van der Waals surface area contributed by atoms with Crippen molar-refractivity contribution < 1.29 is 9.66 Å². The maximum absolute atomic E-state index is 11.1. The molecule has 0 aliphatic carbocycles. The average molecular weight is 419 g/mol. The molecule has 0 unspecified atom stereocenters. The van der Waals surface area contributed by atoms with Crippen LogP contribution in [0.4, 0.5) is 11.6 Å². The van der Waals surface area contributed by atoms with Crippen molar-refractivity contribution in [1.82, 2.24) is 19.5 Å². The summed E-state index contributed by atoms with van der Waals surface area (Å²) in [7, 11) is 0. The SMILES string of the molecule is Nc1ncc2ncn([C@H]3CC[C@@H](C[Se]c4ccccc4[N+](=O)[O-])O3)c2n1. The van der Waals surface area contributed by atoms with E-state index < -0.39 is 0 Å². The number of ether oxygens (including phenoxy) is 1. The van der Waals surface area contributed by atoms with E-state index >= 15 is 0 Å². The average Bonchev–Trinajstić information content (AvgIpc) is 3.26. The number of nitrogen functional groups attached to an aromatic ring is 1. The second-order valence-electron chi connectivity index (χ2n) is 5.91. The van der Waals surface area contributed by atoms with Gasteiger partial charge >= 0.3 is 155 Å². The number of anilines is 1. The van der Waals surface area contributed by atoms with Crippen molar-refractivity contribution >= 4 is 42.2 Å². The zero-order valence-corrected chi connectivity index (χ0v) is 15.4. The van der Waals surface area contributed by atoms with Gasteiger partial charge in [0.1, 0.15) is 0 Å². The van der Waals surface area contributed by atoms with Crippen LogP contribution in [0.15, 0.2) is 36.8 Å². The van der Waals surface area contributed by atoms with Crippen LogP contribution in [-0.2, 0) is 4.74 Å². The van der Waals surface area contributed by atoms with Crippen LogP contribution < -0.4 is 10.2 Å². The Morgan fingerprint density at radius 2 is 2.19 bits per heavy atom. The van der Waals surface area contributed by atoms with Crippen LogP contribution >= 0.6 is 0 Å². The fourth-order valence-corrected chi connectivity index (χ4v) is 5.23. The van der Waals surface area contributed by atoms with E-state index in [2.05, 4.69) is 15.0 Å². The third-order valence-electron chi connectivity index (χ3n) is 4.22. The number of benzene rings is 1. The Labute approximate surface area is 154 Å². The van der Waals surface area contributed by atoms with Gasteiger partial charge in [0.05, 0.1) is 0 Å². The zero-order chi connectivity index (χ0) is 18.1. The fourth-order valence-electron chi connectivity index (χ4n) is 2.98. The first-order valence-electron chi connectivity index (χ1n) is 8.08. The summed E-state index contributed by atoms with van der Waals surface area (Å²) < 4.78 is 8.82. The van der Waals surface area contributed by atoms with Gasteiger partial charge in [-0.3, -0.25) is 0 Å². The fraction of sp³-hybridized carbons (Fsp3) is 0.312. The van der Waals surface area contributed by atoms with Crippen LogP contribution in [0.2, 0.25) is 5.32 Å². The number of rotatable bonds is 5. The summed E-state index contributed by atoms with van der Waals surface area (Å²) >= 11 is -0.0210. The first kappa shape index (κ1) is 16.9. The molecule has 10 heteroatoms. The molecule has 1 aromatic carbocycles. The Morgan fingerprint density at radius 1 is 1.35 bits per heavy atom. The molecular weight excluding hydrogens is 403 g/mol. The van der Waals surface area contributed by atoms with Crippen molar-refractivity contribution in [3.8, 4) is 0 Å². The van der Waals surface area contributed by atoms with Gasteiger partial charge in [0.25, 0.3) is 0 Å². The monoisotopic (exact) mass is 420 g/mol. The van der Waals surface area contributed by atoms with Crippen molar-refractivity contribution in [2.45, 2.75) is 30.5 Å². The van der Waals surface area contributed by atoms with E-state index in [1.807, 2.05) is 16.7 Å².